The summed E-state index contributed by atoms with van der Waals surface area (Å²) in [6.07, 6.45) is -8.64. The summed E-state index contributed by atoms with van der Waals surface area (Å²) in [4.78, 5) is 53.6. The number of nitrogens with zero attached hydrogens (tertiary/aromatic N) is 1. The predicted molar refractivity (Wildman–Crippen MR) is 211 cm³/mol. The van der Waals surface area contributed by atoms with Crippen molar-refractivity contribution in [1.29, 1.82) is 0 Å². The molecule has 1 saturated carbocycles. The van der Waals surface area contributed by atoms with Crippen LogP contribution >= 0.6 is 0 Å². The number of carbonyl (C=O) groups excluding carboxylic acids is 4. The molecule has 3 rings (SSSR count). The maximum atomic E-state index is 13.6. The van der Waals surface area contributed by atoms with Crippen molar-refractivity contribution in [1.82, 2.24) is 20.9 Å². The number of rotatable bonds is 12. The van der Waals surface area contributed by atoms with E-state index in [1.165, 1.54) is 18.9 Å². The second-order valence-corrected chi connectivity index (χ2v) is 19.1. The molecule has 334 valence electrons. The zero-order valence-corrected chi connectivity index (χ0v) is 35.9. The predicted octanol–water partition coefficient (Wildman–Crippen LogP) is 0.0964. The van der Waals surface area contributed by atoms with E-state index in [0.717, 1.165) is 0 Å². The van der Waals surface area contributed by atoms with E-state index < -0.39 is 107 Å². The molecule has 4 amide bonds. The quantitative estimate of drug-likeness (QED) is 0.126. The van der Waals surface area contributed by atoms with Gasteiger partial charge < -0.3 is 76.4 Å². The Kier molecular flexibility index (Phi) is 16.4. The molecule has 1 aliphatic carbocycles. The molecule has 0 aromatic heterocycles. The third-order valence-electron chi connectivity index (χ3n) is 9.99. The smallest absolute Gasteiger partial charge is 0.407 e. The number of likely N-dealkylation sites (N-methyl/N-ethyl adjacent to an activating group) is 1. The number of amides is 4. The molecule has 1 unspecified atom stereocenters. The Labute approximate surface area is 341 Å². The Morgan fingerprint density at radius 3 is 2.16 bits per heavy atom. The van der Waals surface area contributed by atoms with Gasteiger partial charge in [0.2, 0.25) is 11.8 Å². The van der Waals surface area contributed by atoms with Crippen LogP contribution in [0, 0.1) is 11.3 Å². The van der Waals surface area contributed by atoms with Crippen molar-refractivity contribution in [2.45, 2.75) is 173 Å². The van der Waals surface area contributed by atoms with Gasteiger partial charge in [0.25, 0.3) is 0 Å². The maximum absolute atomic E-state index is 13.6. The van der Waals surface area contributed by atoms with Gasteiger partial charge in [-0.25, -0.2) is 9.59 Å². The van der Waals surface area contributed by atoms with Crippen molar-refractivity contribution < 1.29 is 63.3 Å². The summed E-state index contributed by atoms with van der Waals surface area (Å²) in [6, 6.07) is -4.09. The van der Waals surface area contributed by atoms with Crippen LogP contribution in [0.3, 0.4) is 0 Å². The average Bonchev–Trinajstić information content (AvgIpc) is 3.05. The summed E-state index contributed by atoms with van der Waals surface area (Å²) >= 11 is 0. The van der Waals surface area contributed by atoms with Crippen molar-refractivity contribution in [3.8, 4) is 0 Å². The van der Waals surface area contributed by atoms with Crippen molar-refractivity contribution in [2.24, 2.45) is 22.8 Å². The van der Waals surface area contributed by atoms with E-state index in [1.54, 1.807) is 47.6 Å². The van der Waals surface area contributed by atoms with Gasteiger partial charge in [0.15, 0.2) is 6.29 Å². The van der Waals surface area contributed by atoms with Gasteiger partial charge in [0.1, 0.15) is 47.0 Å². The first kappa shape index (κ1) is 49.1. The van der Waals surface area contributed by atoms with Gasteiger partial charge in [-0.2, -0.15) is 0 Å². The van der Waals surface area contributed by atoms with E-state index in [2.05, 4.69) is 16.0 Å². The van der Waals surface area contributed by atoms with E-state index in [4.69, 9.17) is 35.2 Å². The standard InChI is InChI=1S/C39H70N6O13/c1-36(2,3)17-25(47)45(11)31-28(49)33(54-19-39(31,10)53)56-30-23(43-32(50)24(46)14-15-42-34(51)57-37(4,5)6)16-22(44-35(52)58-38(7,8)9)26(27(30)48)29-21(41)13-12-20(18-40)55-29/h12,21-24,26-31,33,46,48-49,53H,13-19,40-41H2,1-11H3,(H,42,51)(H,43,50)(H,44,52)/t21-,22+,23-,24+,26?,27+,28-,29+,30+,31-,33-,39+/m1/s1. The molecule has 58 heavy (non-hydrogen) atoms. The summed E-state index contributed by atoms with van der Waals surface area (Å²) < 4.78 is 29.2. The first-order chi connectivity index (χ1) is 26.5. The van der Waals surface area contributed by atoms with Gasteiger partial charge >= 0.3 is 12.2 Å². The lowest BCUT2D eigenvalue weighted by atomic mass is 9.72. The van der Waals surface area contributed by atoms with Gasteiger partial charge in [0, 0.05) is 38.0 Å². The summed E-state index contributed by atoms with van der Waals surface area (Å²) in [7, 11) is 1.46. The molecule has 2 aliphatic heterocycles. The van der Waals surface area contributed by atoms with Crippen LogP contribution in [-0.2, 0) is 33.3 Å². The average molecular weight is 831 g/mol. The summed E-state index contributed by atoms with van der Waals surface area (Å²) in [6.45, 7) is 16.7. The van der Waals surface area contributed by atoms with Crippen molar-refractivity contribution in [2.75, 3.05) is 26.7 Å². The Morgan fingerprint density at radius 2 is 1.59 bits per heavy atom. The molecule has 0 spiro atoms. The van der Waals surface area contributed by atoms with Crippen LogP contribution in [0.15, 0.2) is 11.8 Å². The highest BCUT2D eigenvalue weighted by Crippen LogP contribution is 2.38. The Bertz CT molecular complexity index is 1460. The molecular formula is C39H70N6O13. The van der Waals surface area contributed by atoms with Crippen LogP contribution in [-0.4, -0.2) is 154 Å². The molecule has 11 N–H and O–H groups in total. The highest BCUT2D eigenvalue weighted by atomic mass is 16.7. The molecule has 0 aromatic rings. The second-order valence-electron chi connectivity index (χ2n) is 19.1. The van der Waals surface area contributed by atoms with Crippen LogP contribution in [0.1, 0.15) is 94.9 Å². The third kappa shape index (κ3) is 13.9. The minimum absolute atomic E-state index is 0.0281. The van der Waals surface area contributed by atoms with Gasteiger partial charge in [-0.05, 0) is 79.2 Å². The number of aliphatic hydroxyl groups is 4. The number of ether oxygens (including phenoxy) is 5. The van der Waals surface area contributed by atoms with E-state index in [1.807, 2.05) is 20.8 Å². The fraction of sp³-hybridized carbons (Fsp3) is 0.846. The summed E-state index contributed by atoms with van der Waals surface area (Å²) in [5, 5.41) is 54.4. The molecule has 0 aromatic carbocycles. The highest BCUT2D eigenvalue weighted by molar-refractivity contribution is 5.81. The molecule has 3 aliphatic rings. The van der Waals surface area contributed by atoms with Crippen molar-refractivity contribution in [3.63, 3.8) is 0 Å². The van der Waals surface area contributed by atoms with Gasteiger partial charge in [0.05, 0.1) is 31.3 Å². The fourth-order valence-electron chi connectivity index (χ4n) is 7.46. The number of nitrogens with one attached hydrogen (secondary N) is 3. The minimum atomic E-state index is -1.73. The zero-order valence-electron chi connectivity index (χ0n) is 35.9. The summed E-state index contributed by atoms with van der Waals surface area (Å²) in [5.74, 6) is -1.87. The van der Waals surface area contributed by atoms with Crippen LogP contribution < -0.4 is 27.4 Å². The molecule has 2 heterocycles. The molecule has 19 nitrogen and oxygen atoms in total. The first-order valence-corrected chi connectivity index (χ1v) is 19.9. The van der Waals surface area contributed by atoms with Crippen LogP contribution in [0.2, 0.25) is 0 Å². The lowest BCUT2D eigenvalue weighted by molar-refractivity contribution is -0.306. The molecular weight excluding hydrogens is 760 g/mol. The number of aliphatic hydroxyl groups excluding tert-OH is 3. The highest BCUT2D eigenvalue weighted by Gasteiger charge is 2.56. The zero-order chi connectivity index (χ0) is 44.1. The van der Waals surface area contributed by atoms with Gasteiger partial charge in [-0.1, -0.05) is 20.8 Å². The van der Waals surface area contributed by atoms with E-state index in [0.29, 0.717) is 12.2 Å². The lowest BCUT2D eigenvalue weighted by Gasteiger charge is -2.52. The van der Waals surface area contributed by atoms with Crippen LogP contribution in [0.4, 0.5) is 9.59 Å². The van der Waals surface area contributed by atoms with Gasteiger partial charge in [-0.15, -0.1) is 0 Å². The van der Waals surface area contributed by atoms with Gasteiger partial charge in [-0.3, -0.25) is 9.59 Å². The molecule has 12 atom stereocenters. The second kappa shape index (κ2) is 19.4. The lowest BCUT2D eigenvalue weighted by Crippen LogP contribution is -2.70. The molecule has 0 bridgehead atoms. The first-order valence-electron chi connectivity index (χ1n) is 19.9. The van der Waals surface area contributed by atoms with Crippen LogP contribution in [0.5, 0.6) is 0 Å². The normalized spacial score (nSPS) is 32.5. The number of hydrogen-bond donors (Lipinski definition) is 9. The fourth-order valence-corrected chi connectivity index (χ4v) is 7.46. The molecule has 1 saturated heterocycles. The number of carbonyl (C=O) groups is 4. The SMILES string of the molecule is CN(C(=O)CC(C)(C)C)[C@@H]1[C@@H](O)[C@@H](O[C@H]2[C@H](NC(=O)[C@@H](O)CCNC(=O)OC(C)(C)C)C[C@H](NC(=O)OC(C)(C)C)C([C@H]3OC(CN)=CC[C@H]3N)[C@@H]2O)OC[C@]1(C)O. The van der Waals surface area contributed by atoms with Crippen molar-refractivity contribution >= 4 is 24.0 Å². The van der Waals surface area contributed by atoms with Crippen molar-refractivity contribution in [3.05, 3.63) is 11.8 Å². The number of hydrogen-bond acceptors (Lipinski definition) is 15. The third-order valence-corrected chi connectivity index (χ3v) is 9.99. The monoisotopic (exact) mass is 831 g/mol. The molecule has 0 radical (unpaired) electrons. The molecule has 19 heteroatoms. The largest absolute Gasteiger partial charge is 0.492 e. The van der Waals surface area contributed by atoms with E-state index >= 15 is 0 Å². The number of alkyl carbamates (subject to hydrolysis) is 2. The summed E-state index contributed by atoms with van der Waals surface area (Å²) in [5.41, 5.74) is 8.69. The Hall–Kier alpha value is -3.30. The Balaban J connectivity index is 2.01. The minimum Gasteiger partial charge on any atom is -0.492 e. The Morgan fingerprint density at radius 1 is 0.983 bits per heavy atom. The van der Waals surface area contributed by atoms with E-state index in [-0.39, 0.29) is 44.9 Å². The van der Waals surface area contributed by atoms with E-state index in [9.17, 15) is 39.6 Å². The van der Waals surface area contributed by atoms with Crippen LogP contribution in [0.25, 0.3) is 0 Å². The number of nitrogens with two attached hydrogens (primary N) is 2. The topological polar surface area (TPSA) is 287 Å². The maximum Gasteiger partial charge on any atom is 0.407 e. The molecule has 2 fully saturated rings.